The van der Waals surface area contributed by atoms with Crippen molar-refractivity contribution in [3.8, 4) is 16.3 Å². The summed E-state index contributed by atoms with van der Waals surface area (Å²) in [6, 6.07) is 4.33. The van der Waals surface area contributed by atoms with Crippen LogP contribution in [0.15, 0.2) is 36.8 Å². The largest absolute Gasteiger partial charge is 0.491 e. The number of rotatable bonds is 7. The Morgan fingerprint density at radius 1 is 1.24 bits per heavy atom. The maximum absolute atomic E-state index is 13.1. The standard InChI is InChI=1S/C24H24F3N5O4S/c1-13-7-28-22(37-13)16-4-15(5-18(6-16)35-11-19-10-32(3)20(33)12-36-19)21(34)31-14(2)17-8-29-23(30-9-17)24(25,26)27/h4-9,14,19H,10-12H2,1-3H3,(H,31,34)/t14-,19-/m1/s1. The summed E-state index contributed by atoms with van der Waals surface area (Å²) in [4.78, 5) is 38.4. The quantitative estimate of drug-likeness (QED) is 0.492. The van der Waals surface area contributed by atoms with Crippen LogP contribution in [0.3, 0.4) is 0 Å². The molecule has 13 heteroatoms. The highest BCUT2D eigenvalue weighted by molar-refractivity contribution is 7.14. The molecular formula is C24H24F3N5O4S. The average molecular weight is 536 g/mol. The van der Waals surface area contributed by atoms with Crippen LogP contribution in [0.2, 0.25) is 0 Å². The van der Waals surface area contributed by atoms with Crippen molar-refractivity contribution >= 4 is 23.2 Å². The minimum absolute atomic E-state index is 0.0256. The van der Waals surface area contributed by atoms with Crippen molar-refractivity contribution < 1.29 is 32.2 Å². The number of carbonyl (C=O) groups is 2. The number of thiazole rings is 1. The third kappa shape index (κ3) is 6.60. The van der Waals surface area contributed by atoms with Gasteiger partial charge in [0.25, 0.3) is 5.91 Å². The Morgan fingerprint density at radius 2 is 1.97 bits per heavy atom. The Labute approximate surface area is 214 Å². The van der Waals surface area contributed by atoms with Gasteiger partial charge in [0.05, 0.1) is 6.04 Å². The minimum Gasteiger partial charge on any atom is -0.491 e. The third-order valence-corrected chi connectivity index (χ3v) is 6.55. The van der Waals surface area contributed by atoms with E-state index in [1.807, 2.05) is 6.92 Å². The summed E-state index contributed by atoms with van der Waals surface area (Å²) in [5, 5.41) is 3.45. The number of hydrogen-bond acceptors (Lipinski definition) is 8. The molecule has 1 aliphatic heterocycles. The van der Waals surface area contributed by atoms with Crippen molar-refractivity contribution in [3.63, 3.8) is 0 Å². The molecule has 0 unspecified atom stereocenters. The van der Waals surface area contributed by atoms with Gasteiger partial charge in [0, 0.05) is 53.8 Å². The molecule has 0 saturated carbocycles. The molecule has 1 saturated heterocycles. The van der Waals surface area contributed by atoms with Crippen molar-refractivity contribution in [1.82, 2.24) is 25.2 Å². The van der Waals surface area contributed by atoms with E-state index >= 15 is 0 Å². The summed E-state index contributed by atoms with van der Waals surface area (Å²) in [6.07, 6.45) is -1.18. The summed E-state index contributed by atoms with van der Waals surface area (Å²) in [5.41, 5.74) is 1.26. The van der Waals surface area contributed by atoms with E-state index in [9.17, 15) is 22.8 Å². The molecule has 0 aliphatic carbocycles. The van der Waals surface area contributed by atoms with Gasteiger partial charge >= 0.3 is 6.18 Å². The Bertz CT molecular complexity index is 1280. The molecule has 196 valence electrons. The number of nitrogens with one attached hydrogen (secondary N) is 1. The van der Waals surface area contributed by atoms with Gasteiger partial charge in [-0.15, -0.1) is 11.3 Å². The highest BCUT2D eigenvalue weighted by Crippen LogP contribution is 2.30. The van der Waals surface area contributed by atoms with E-state index in [1.54, 1.807) is 43.3 Å². The summed E-state index contributed by atoms with van der Waals surface area (Å²) >= 11 is 1.46. The monoisotopic (exact) mass is 535 g/mol. The van der Waals surface area contributed by atoms with Crippen LogP contribution in [0.4, 0.5) is 13.2 Å². The van der Waals surface area contributed by atoms with Crippen LogP contribution >= 0.6 is 11.3 Å². The topological polar surface area (TPSA) is 107 Å². The number of likely N-dealkylation sites (N-methyl/N-ethyl adjacent to an activating group) is 1. The van der Waals surface area contributed by atoms with Gasteiger partial charge in [-0.1, -0.05) is 0 Å². The van der Waals surface area contributed by atoms with Crippen LogP contribution < -0.4 is 10.1 Å². The summed E-state index contributed by atoms with van der Waals surface area (Å²) in [7, 11) is 1.69. The Kier molecular flexibility index (Phi) is 7.73. The van der Waals surface area contributed by atoms with Crippen LogP contribution in [-0.4, -0.2) is 64.6 Å². The lowest BCUT2D eigenvalue weighted by molar-refractivity contribution is -0.148. The zero-order chi connectivity index (χ0) is 26.7. The first-order chi connectivity index (χ1) is 17.5. The predicted octanol–water partition coefficient (Wildman–Crippen LogP) is 3.65. The first-order valence-corrected chi connectivity index (χ1v) is 12.1. The summed E-state index contributed by atoms with van der Waals surface area (Å²) < 4.78 is 49.7. The van der Waals surface area contributed by atoms with Gasteiger partial charge in [0.15, 0.2) is 0 Å². The van der Waals surface area contributed by atoms with Crippen molar-refractivity contribution in [1.29, 1.82) is 0 Å². The first-order valence-electron chi connectivity index (χ1n) is 11.3. The predicted molar refractivity (Wildman–Crippen MR) is 128 cm³/mol. The molecule has 2 atom stereocenters. The molecule has 9 nitrogen and oxygen atoms in total. The van der Waals surface area contributed by atoms with Crippen molar-refractivity contribution in [3.05, 3.63) is 58.6 Å². The number of carbonyl (C=O) groups excluding carboxylic acids is 2. The summed E-state index contributed by atoms with van der Waals surface area (Å²) in [6.45, 7) is 4.05. The van der Waals surface area contributed by atoms with E-state index in [4.69, 9.17) is 9.47 Å². The summed E-state index contributed by atoms with van der Waals surface area (Å²) in [5.74, 6) is -1.42. The SMILES string of the molecule is Cc1cnc(-c2cc(OC[C@H]3CN(C)C(=O)CO3)cc(C(=O)N[C@H](C)c3cnc(C(F)(F)F)nc3)c2)s1. The van der Waals surface area contributed by atoms with Crippen LogP contribution in [0, 0.1) is 6.92 Å². The fraction of sp³-hybridized carbons (Fsp3) is 0.375. The molecule has 3 aromatic rings. The molecule has 2 amide bonds. The van der Waals surface area contributed by atoms with E-state index in [0.717, 1.165) is 17.3 Å². The lowest BCUT2D eigenvalue weighted by Crippen LogP contribution is -2.46. The maximum atomic E-state index is 13.1. The number of aryl methyl sites for hydroxylation is 1. The molecule has 1 fully saturated rings. The van der Waals surface area contributed by atoms with Crippen molar-refractivity contribution in [2.75, 3.05) is 26.8 Å². The number of hydrogen-bond donors (Lipinski definition) is 1. The molecule has 2 aromatic heterocycles. The van der Waals surface area contributed by atoms with E-state index in [-0.39, 0.29) is 30.8 Å². The lowest BCUT2D eigenvalue weighted by Gasteiger charge is -2.29. The number of halogens is 3. The minimum atomic E-state index is -4.65. The van der Waals surface area contributed by atoms with Crippen LogP contribution in [0.5, 0.6) is 5.75 Å². The number of benzene rings is 1. The molecule has 4 rings (SSSR count). The van der Waals surface area contributed by atoms with Gasteiger partial charge in [-0.05, 0) is 32.0 Å². The van der Waals surface area contributed by atoms with Crippen LogP contribution in [0.25, 0.3) is 10.6 Å². The van der Waals surface area contributed by atoms with E-state index in [1.165, 1.54) is 11.3 Å². The van der Waals surface area contributed by atoms with Gasteiger partial charge in [0.1, 0.15) is 30.1 Å². The molecule has 1 N–H and O–H groups in total. The second-order valence-electron chi connectivity index (χ2n) is 8.57. The molecule has 1 aliphatic rings. The number of ether oxygens (including phenoxy) is 2. The average Bonchev–Trinajstić information content (AvgIpc) is 3.30. The van der Waals surface area contributed by atoms with Gasteiger partial charge < -0.3 is 19.7 Å². The second-order valence-corrected chi connectivity index (χ2v) is 9.81. The van der Waals surface area contributed by atoms with Crippen LogP contribution in [-0.2, 0) is 15.7 Å². The Morgan fingerprint density at radius 3 is 2.59 bits per heavy atom. The maximum Gasteiger partial charge on any atom is 0.451 e. The molecular weight excluding hydrogens is 511 g/mol. The van der Waals surface area contributed by atoms with E-state index < -0.39 is 23.9 Å². The fourth-order valence-corrected chi connectivity index (χ4v) is 4.30. The zero-order valence-electron chi connectivity index (χ0n) is 20.2. The Balaban J connectivity index is 1.52. The molecule has 0 bridgehead atoms. The Hall–Kier alpha value is -3.58. The normalized spacial score (nSPS) is 17.0. The van der Waals surface area contributed by atoms with Gasteiger partial charge in [-0.2, -0.15) is 13.2 Å². The van der Waals surface area contributed by atoms with Gasteiger partial charge in [-0.25, -0.2) is 15.0 Å². The molecule has 37 heavy (non-hydrogen) atoms. The number of alkyl halides is 3. The number of morpholine rings is 1. The van der Waals surface area contributed by atoms with E-state index in [0.29, 0.717) is 28.4 Å². The van der Waals surface area contributed by atoms with E-state index in [2.05, 4.69) is 20.3 Å². The number of amides is 2. The molecule has 3 heterocycles. The van der Waals surface area contributed by atoms with Crippen molar-refractivity contribution in [2.45, 2.75) is 32.2 Å². The van der Waals surface area contributed by atoms with Gasteiger partial charge in [-0.3, -0.25) is 9.59 Å². The van der Waals surface area contributed by atoms with Crippen LogP contribution in [0.1, 0.15) is 39.6 Å². The highest BCUT2D eigenvalue weighted by Gasteiger charge is 2.34. The van der Waals surface area contributed by atoms with Gasteiger partial charge in [0.2, 0.25) is 11.7 Å². The fourth-order valence-electron chi connectivity index (χ4n) is 3.55. The third-order valence-electron chi connectivity index (χ3n) is 5.59. The number of aromatic nitrogens is 3. The second kappa shape index (κ2) is 10.8. The van der Waals surface area contributed by atoms with Crippen molar-refractivity contribution in [2.24, 2.45) is 0 Å². The molecule has 1 aromatic carbocycles. The smallest absolute Gasteiger partial charge is 0.451 e. The lowest BCUT2D eigenvalue weighted by atomic mass is 10.1. The molecule has 0 spiro atoms. The highest BCUT2D eigenvalue weighted by atomic mass is 32.1. The number of nitrogens with zero attached hydrogens (tertiary/aromatic N) is 4. The molecule has 0 radical (unpaired) electrons. The first kappa shape index (κ1) is 26.5. The zero-order valence-corrected chi connectivity index (χ0v) is 21.0.